The van der Waals surface area contributed by atoms with Crippen LogP contribution in [0.5, 0.6) is 0 Å². The first-order valence-electron chi connectivity index (χ1n) is 8.50. The smallest absolute Gasteiger partial charge is 0.179 e. The molecule has 0 saturated carbocycles. The molecule has 0 atom stereocenters. The number of benzene rings is 1. The fourth-order valence-electron chi connectivity index (χ4n) is 3.26. The van der Waals surface area contributed by atoms with Gasteiger partial charge in [0.25, 0.3) is 0 Å². The molecular formula is C20H12Cl3N5. The monoisotopic (exact) mass is 427 g/mol. The van der Waals surface area contributed by atoms with Crippen molar-refractivity contribution >= 4 is 51.6 Å². The van der Waals surface area contributed by atoms with E-state index in [1.54, 1.807) is 12.1 Å². The quantitative estimate of drug-likeness (QED) is 0.368. The topological polar surface area (TPSA) is 58.9 Å². The van der Waals surface area contributed by atoms with Crippen LogP contribution in [0.1, 0.15) is 11.5 Å². The van der Waals surface area contributed by atoms with Crippen LogP contribution in [0.4, 0.5) is 0 Å². The van der Waals surface area contributed by atoms with E-state index in [2.05, 4.69) is 15.0 Å². The lowest BCUT2D eigenvalue weighted by Gasteiger charge is -2.06. The Morgan fingerprint density at radius 3 is 2.54 bits per heavy atom. The molecule has 8 heteroatoms. The van der Waals surface area contributed by atoms with Crippen molar-refractivity contribution in [2.45, 2.75) is 6.42 Å². The summed E-state index contributed by atoms with van der Waals surface area (Å²) in [6.45, 7) is 0. The molecule has 28 heavy (non-hydrogen) atoms. The molecule has 0 saturated heterocycles. The van der Waals surface area contributed by atoms with Gasteiger partial charge in [-0.3, -0.25) is 4.40 Å². The van der Waals surface area contributed by atoms with E-state index >= 15 is 0 Å². The molecule has 0 aliphatic rings. The summed E-state index contributed by atoms with van der Waals surface area (Å²) in [6.07, 6.45) is 2.54. The van der Waals surface area contributed by atoms with Gasteiger partial charge in [0.1, 0.15) is 16.6 Å². The lowest BCUT2D eigenvalue weighted by atomic mass is 10.1. The minimum atomic E-state index is 0.420. The molecule has 5 rings (SSSR count). The van der Waals surface area contributed by atoms with Gasteiger partial charge in [-0.1, -0.05) is 40.9 Å². The molecule has 0 bridgehead atoms. The second-order valence-corrected chi connectivity index (χ2v) is 7.66. The molecule has 4 aromatic heterocycles. The maximum Gasteiger partial charge on any atom is 0.179 e. The average Bonchev–Trinajstić information content (AvgIpc) is 3.23. The standard InChI is InChI=1S/C20H12Cl3N5/c21-12-6-11(7-13(22)8-12)16-2-1-3-19-24-14(10-28(16)19)9-18-25-15-4-5-17(23)26-20(15)27-18/h1-8,10H,9H2,(H,25,26,27). The largest absolute Gasteiger partial charge is 0.340 e. The first-order chi connectivity index (χ1) is 13.5. The normalized spacial score (nSPS) is 11.5. The van der Waals surface area contributed by atoms with Crippen LogP contribution in [0.2, 0.25) is 15.2 Å². The number of nitrogens with zero attached hydrogens (tertiary/aromatic N) is 4. The Hall–Kier alpha value is -2.60. The van der Waals surface area contributed by atoms with Crippen molar-refractivity contribution in [3.05, 3.63) is 81.4 Å². The molecule has 0 aliphatic heterocycles. The van der Waals surface area contributed by atoms with Gasteiger partial charge in [0.15, 0.2) is 5.65 Å². The van der Waals surface area contributed by atoms with E-state index in [0.717, 1.165) is 33.9 Å². The highest BCUT2D eigenvalue weighted by Crippen LogP contribution is 2.28. The highest BCUT2D eigenvalue weighted by molar-refractivity contribution is 6.35. The molecule has 0 spiro atoms. The zero-order valence-electron chi connectivity index (χ0n) is 14.3. The van der Waals surface area contributed by atoms with Gasteiger partial charge >= 0.3 is 0 Å². The number of nitrogens with one attached hydrogen (secondary N) is 1. The Kier molecular flexibility index (Phi) is 4.23. The maximum atomic E-state index is 6.18. The third kappa shape index (κ3) is 3.22. The Bertz CT molecular complexity index is 1320. The molecule has 1 aromatic carbocycles. The number of pyridine rings is 2. The summed E-state index contributed by atoms with van der Waals surface area (Å²) in [4.78, 5) is 16.7. The zero-order valence-corrected chi connectivity index (χ0v) is 16.6. The molecule has 138 valence electrons. The predicted molar refractivity (Wildman–Crippen MR) is 112 cm³/mol. The van der Waals surface area contributed by atoms with Crippen LogP contribution in [0.25, 0.3) is 28.1 Å². The zero-order chi connectivity index (χ0) is 19.3. The molecule has 0 fully saturated rings. The van der Waals surface area contributed by atoms with Crippen molar-refractivity contribution in [1.29, 1.82) is 0 Å². The minimum Gasteiger partial charge on any atom is -0.340 e. The number of hydrogen-bond acceptors (Lipinski definition) is 3. The van der Waals surface area contributed by atoms with Crippen LogP contribution in [0.15, 0.2) is 54.7 Å². The van der Waals surface area contributed by atoms with E-state index in [-0.39, 0.29) is 0 Å². The van der Waals surface area contributed by atoms with Crippen molar-refractivity contribution in [3.8, 4) is 11.3 Å². The van der Waals surface area contributed by atoms with Crippen LogP contribution >= 0.6 is 34.8 Å². The summed E-state index contributed by atoms with van der Waals surface area (Å²) in [6, 6.07) is 15.0. The Balaban J connectivity index is 1.56. The van der Waals surface area contributed by atoms with Gasteiger partial charge in [-0.25, -0.2) is 15.0 Å². The molecule has 5 nitrogen and oxygen atoms in total. The van der Waals surface area contributed by atoms with Gasteiger partial charge in [0, 0.05) is 28.2 Å². The lowest BCUT2D eigenvalue weighted by Crippen LogP contribution is -1.91. The van der Waals surface area contributed by atoms with Gasteiger partial charge in [0.2, 0.25) is 0 Å². The number of H-pyrrole nitrogens is 1. The fraction of sp³-hybridized carbons (Fsp3) is 0.0500. The Labute approximate surface area is 174 Å². The van der Waals surface area contributed by atoms with E-state index in [4.69, 9.17) is 39.8 Å². The van der Waals surface area contributed by atoms with Gasteiger partial charge in [-0.05, 0) is 42.5 Å². The van der Waals surface area contributed by atoms with E-state index in [9.17, 15) is 0 Å². The maximum absolute atomic E-state index is 6.18. The fourth-order valence-corrected chi connectivity index (χ4v) is 3.93. The van der Waals surface area contributed by atoms with Crippen LogP contribution < -0.4 is 0 Å². The molecule has 0 aliphatic carbocycles. The minimum absolute atomic E-state index is 0.420. The number of aromatic nitrogens is 5. The summed E-state index contributed by atoms with van der Waals surface area (Å²) in [5.41, 5.74) is 5.04. The van der Waals surface area contributed by atoms with Gasteiger partial charge in [0.05, 0.1) is 16.9 Å². The summed E-state index contributed by atoms with van der Waals surface area (Å²) in [7, 11) is 0. The SMILES string of the molecule is Clc1cc(Cl)cc(-c2cccc3nc(Cc4nc5nc(Cl)ccc5[nH]4)cn23)c1. The number of hydrogen-bond donors (Lipinski definition) is 1. The van der Waals surface area contributed by atoms with E-state index in [0.29, 0.717) is 27.3 Å². The highest BCUT2D eigenvalue weighted by Gasteiger charge is 2.11. The third-order valence-corrected chi connectivity index (χ3v) is 5.06. The molecule has 1 N–H and O–H groups in total. The average molecular weight is 429 g/mol. The van der Waals surface area contributed by atoms with Gasteiger partial charge in [-0.15, -0.1) is 0 Å². The molecule has 4 heterocycles. The Morgan fingerprint density at radius 2 is 1.71 bits per heavy atom. The number of imidazole rings is 2. The summed E-state index contributed by atoms with van der Waals surface area (Å²) >= 11 is 18.3. The molecule has 0 radical (unpaired) electrons. The van der Waals surface area contributed by atoms with Crippen molar-refractivity contribution in [2.75, 3.05) is 0 Å². The van der Waals surface area contributed by atoms with Gasteiger partial charge < -0.3 is 4.98 Å². The number of rotatable bonds is 3. The third-order valence-electron chi connectivity index (χ3n) is 4.41. The van der Waals surface area contributed by atoms with Crippen LogP contribution in [-0.4, -0.2) is 24.3 Å². The lowest BCUT2D eigenvalue weighted by molar-refractivity contribution is 1.00. The van der Waals surface area contributed by atoms with Crippen LogP contribution in [0.3, 0.4) is 0 Å². The van der Waals surface area contributed by atoms with E-state index in [1.165, 1.54) is 0 Å². The summed E-state index contributed by atoms with van der Waals surface area (Å²) < 4.78 is 2.02. The predicted octanol–water partition coefficient (Wildman–Crippen LogP) is 5.82. The molecule has 5 aromatic rings. The number of aromatic amines is 1. The first-order valence-corrected chi connectivity index (χ1v) is 9.63. The van der Waals surface area contributed by atoms with Gasteiger partial charge in [-0.2, -0.15) is 0 Å². The van der Waals surface area contributed by atoms with E-state index in [1.807, 2.05) is 47.0 Å². The molecule has 0 unspecified atom stereocenters. The first kappa shape index (κ1) is 17.5. The van der Waals surface area contributed by atoms with Crippen molar-refractivity contribution in [2.24, 2.45) is 0 Å². The highest BCUT2D eigenvalue weighted by atomic mass is 35.5. The van der Waals surface area contributed by atoms with Crippen molar-refractivity contribution in [3.63, 3.8) is 0 Å². The van der Waals surface area contributed by atoms with Crippen LogP contribution in [-0.2, 0) is 6.42 Å². The number of fused-ring (bicyclic) bond motifs is 2. The van der Waals surface area contributed by atoms with E-state index < -0.39 is 0 Å². The van der Waals surface area contributed by atoms with Crippen molar-refractivity contribution in [1.82, 2.24) is 24.3 Å². The van der Waals surface area contributed by atoms with Crippen molar-refractivity contribution < 1.29 is 0 Å². The number of halogens is 3. The second-order valence-electron chi connectivity index (χ2n) is 6.40. The Morgan fingerprint density at radius 1 is 0.893 bits per heavy atom. The molecular weight excluding hydrogens is 417 g/mol. The second kappa shape index (κ2) is 6.78. The van der Waals surface area contributed by atoms with Crippen LogP contribution in [0, 0.1) is 0 Å². The summed E-state index contributed by atoms with van der Waals surface area (Å²) in [5.74, 6) is 0.778. The summed E-state index contributed by atoms with van der Waals surface area (Å²) in [5, 5.41) is 1.60. The molecule has 0 amide bonds.